The average Bonchev–Trinajstić information content (AvgIpc) is 2.82. The van der Waals surface area contributed by atoms with Crippen molar-refractivity contribution in [3.63, 3.8) is 0 Å². The Labute approximate surface area is 148 Å². The molecular weight excluding hydrogens is 340 g/mol. The number of aliphatic hydroxyl groups excluding tert-OH is 1. The predicted octanol–water partition coefficient (Wildman–Crippen LogP) is 1.25. The van der Waals surface area contributed by atoms with Crippen LogP contribution in [-0.2, 0) is 9.16 Å². The smallest absolute Gasteiger partial charge is 0.351 e. The molecule has 2 rings (SSSR count). The van der Waals surface area contributed by atoms with E-state index >= 15 is 0 Å². The van der Waals surface area contributed by atoms with Crippen LogP contribution in [0.4, 0.5) is 5.82 Å². The number of hydrogen-bond donors (Lipinski definition) is 2. The van der Waals surface area contributed by atoms with Crippen LogP contribution >= 0.6 is 0 Å². The zero-order valence-electron chi connectivity index (χ0n) is 15.3. The summed E-state index contributed by atoms with van der Waals surface area (Å²) in [6, 6.07) is 3.65. The Morgan fingerprint density at radius 2 is 2.16 bits per heavy atom. The number of nitrogens with zero attached hydrogens (tertiary/aromatic N) is 3. The van der Waals surface area contributed by atoms with Gasteiger partial charge in [0.1, 0.15) is 17.8 Å². The van der Waals surface area contributed by atoms with Gasteiger partial charge in [-0.1, -0.05) is 20.8 Å². The van der Waals surface area contributed by atoms with Crippen LogP contribution < -0.4 is 11.4 Å². The molecule has 1 aliphatic rings. The molecule has 1 aliphatic heterocycles. The Hall–Kier alpha value is -1.73. The first-order valence-electron chi connectivity index (χ1n) is 8.20. The van der Waals surface area contributed by atoms with Crippen molar-refractivity contribution in [1.82, 2.24) is 9.55 Å². The summed E-state index contributed by atoms with van der Waals surface area (Å²) in [5, 5.41) is 19.3. The number of nitrogen functional groups attached to an aromatic ring is 1. The number of nitriles is 1. The Balaban J connectivity index is 2.38. The van der Waals surface area contributed by atoms with Crippen molar-refractivity contribution in [2.75, 3.05) is 12.3 Å². The van der Waals surface area contributed by atoms with Crippen molar-refractivity contribution < 1.29 is 14.3 Å². The number of rotatable bonds is 4. The lowest BCUT2D eigenvalue weighted by Crippen LogP contribution is -2.48. The van der Waals surface area contributed by atoms with Crippen LogP contribution in [0.1, 0.15) is 27.0 Å². The molecule has 0 spiro atoms. The van der Waals surface area contributed by atoms with E-state index in [-0.39, 0.29) is 17.5 Å². The largest absolute Gasteiger partial charge is 0.410 e. The topological polar surface area (TPSA) is 123 Å². The number of hydrogen-bond acceptors (Lipinski definition) is 7. The summed E-state index contributed by atoms with van der Waals surface area (Å²) in [5.41, 5.74) is 4.91. The fraction of sp³-hybridized carbons (Fsp3) is 0.688. The number of ether oxygens (including phenoxy) is 1. The molecule has 4 atom stereocenters. The van der Waals surface area contributed by atoms with Gasteiger partial charge in [0.05, 0.1) is 18.8 Å². The molecule has 0 saturated carbocycles. The van der Waals surface area contributed by atoms with Crippen molar-refractivity contribution in [3.8, 4) is 6.07 Å². The minimum absolute atomic E-state index is 0.0648. The van der Waals surface area contributed by atoms with Crippen LogP contribution in [0.3, 0.4) is 0 Å². The van der Waals surface area contributed by atoms with Crippen molar-refractivity contribution in [1.29, 1.82) is 5.26 Å². The highest BCUT2D eigenvalue weighted by Crippen LogP contribution is 2.42. The average molecular weight is 366 g/mol. The minimum Gasteiger partial charge on any atom is -0.410 e. The van der Waals surface area contributed by atoms with E-state index in [4.69, 9.17) is 14.9 Å². The van der Waals surface area contributed by atoms with Crippen molar-refractivity contribution >= 4 is 14.1 Å². The van der Waals surface area contributed by atoms with Gasteiger partial charge in [0.25, 0.3) is 0 Å². The van der Waals surface area contributed by atoms with Crippen LogP contribution in [0, 0.1) is 17.2 Å². The quantitative estimate of drug-likeness (QED) is 0.768. The number of anilines is 1. The highest BCUT2D eigenvalue weighted by atomic mass is 28.4. The molecule has 8 nitrogen and oxygen atoms in total. The molecule has 0 amide bonds. The lowest BCUT2D eigenvalue weighted by Gasteiger charge is -2.39. The van der Waals surface area contributed by atoms with E-state index in [0.29, 0.717) is 0 Å². The monoisotopic (exact) mass is 366 g/mol. The normalized spacial score (nSPS) is 27.2. The van der Waals surface area contributed by atoms with Gasteiger partial charge in [-0.25, -0.2) is 4.79 Å². The summed E-state index contributed by atoms with van der Waals surface area (Å²) in [5.74, 6) is -0.644. The van der Waals surface area contributed by atoms with Gasteiger partial charge in [0.2, 0.25) is 0 Å². The molecule has 0 aliphatic carbocycles. The van der Waals surface area contributed by atoms with Crippen LogP contribution in [0.5, 0.6) is 0 Å². The Kier molecular flexibility index (Phi) is 5.39. The first kappa shape index (κ1) is 19.6. The van der Waals surface area contributed by atoms with Gasteiger partial charge in [0, 0.05) is 6.20 Å². The molecule has 0 unspecified atom stereocenters. The summed E-state index contributed by atoms with van der Waals surface area (Å²) < 4.78 is 13.4. The van der Waals surface area contributed by atoms with Crippen LogP contribution in [0.15, 0.2) is 17.1 Å². The molecule has 9 heteroatoms. The molecule has 2 heterocycles. The Morgan fingerprint density at radius 1 is 1.52 bits per heavy atom. The summed E-state index contributed by atoms with van der Waals surface area (Å²) in [6.45, 7) is 10.1. The number of aromatic nitrogens is 2. The third-order valence-corrected chi connectivity index (χ3v) is 9.51. The maximum Gasteiger partial charge on any atom is 0.351 e. The highest BCUT2D eigenvalue weighted by Gasteiger charge is 2.51. The first-order valence-corrected chi connectivity index (χ1v) is 11.1. The van der Waals surface area contributed by atoms with E-state index in [1.807, 2.05) is 0 Å². The molecule has 25 heavy (non-hydrogen) atoms. The second-order valence-corrected chi connectivity index (χ2v) is 12.5. The third kappa shape index (κ3) is 3.77. The Bertz CT molecular complexity index is 722. The lowest BCUT2D eigenvalue weighted by molar-refractivity contribution is -0.0451. The van der Waals surface area contributed by atoms with Gasteiger partial charge in [-0.05, 0) is 24.2 Å². The number of nitrogens with two attached hydrogens (primary N) is 1. The maximum atomic E-state index is 12.1. The zero-order chi connectivity index (χ0) is 19.0. The summed E-state index contributed by atoms with van der Waals surface area (Å²) in [4.78, 5) is 15.8. The van der Waals surface area contributed by atoms with Crippen molar-refractivity contribution in [2.24, 2.45) is 5.92 Å². The molecule has 0 bridgehead atoms. The third-order valence-electron chi connectivity index (χ3n) is 5.03. The summed E-state index contributed by atoms with van der Waals surface area (Å²) in [6.07, 6.45) is -0.737. The van der Waals surface area contributed by atoms with Crippen molar-refractivity contribution in [3.05, 3.63) is 22.7 Å². The van der Waals surface area contributed by atoms with E-state index in [2.05, 4.69) is 44.9 Å². The molecule has 1 fully saturated rings. The molecule has 0 radical (unpaired) electrons. The van der Waals surface area contributed by atoms with E-state index < -0.39 is 38.4 Å². The van der Waals surface area contributed by atoms with Crippen molar-refractivity contribution in [2.45, 2.75) is 57.3 Å². The molecule has 3 N–H and O–H groups in total. The number of aliphatic hydroxyl groups is 1. The van der Waals surface area contributed by atoms with Gasteiger partial charge in [0.15, 0.2) is 14.5 Å². The van der Waals surface area contributed by atoms with Crippen LogP contribution in [0.2, 0.25) is 18.1 Å². The second-order valence-electron chi connectivity index (χ2n) is 7.79. The van der Waals surface area contributed by atoms with Gasteiger partial charge in [-0.15, -0.1) is 0 Å². The van der Waals surface area contributed by atoms with E-state index in [1.54, 1.807) is 0 Å². The maximum absolute atomic E-state index is 12.1. The van der Waals surface area contributed by atoms with Gasteiger partial charge in [-0.3, -0.25) is 4.57 Å². The van der Waals surface area contributed by atoms with E-state index in [9.17, 15) is 15.2 Å². The standard InChI is InChI=1S/C16H26N4O4Si/c1-16(2,3)25(4,5)24-13-10(8-17)14(23-11(13)9-21)20-7-6-12(18)19-15(20)22/h6-7,10-11,13-14,21H,9H2,1-5H3,(H2,18,19,22)/t10-,11+,13-,14+/m0/s1. The minimum atomic E-state index is -2.20. The van der Waals surface area contributed by atoms with E-state index in [1.165, 1.54) is 16.8 Å². The van der Waals surface area contributed by atoms with Crippen LogP contribution in [0.25, 0.3) is 0 Å². The molecule has 138 valence electrons. The molecule has 1 aromatic rings. The SMILES string of the molecule is CC(C)(C)[Si](C)(C)O[C@H]1[C@H](C#N)[C@H](n2ccc(N)nc2=O)O[C@@H]1CO. The zero-order valence-corrected chi connectivity index (χ0v) is 16.3. The highest BCUT2D eigenvalue weighted by molar-refractivity contribution is 6.74. The van der Waals surface area contributed by atoms with Gasteiger partial charge in [-0.2, -0.15) is 10.2 Å². The van der Waals surface area contributed by atoms with E-state index in [0.717, 1.165) is 0 Å². The van der Waals surface area contributed by atoms with Gasteiger partial charge >= 0.3 is 5.69 Å². The fourth-order valence-electron chi connectivity index (χ4n) is 2.54. The molecular formula is C16H26N4O4Si. The molecule has 0 aromatic carbocycles. The van der Waals surface area contributed by atoms with Crippen LogP contribution in [-0.4, -0.2) is 41.8 Å². The summed E-state index contributed by atoms with van der Waals surface area (Å²) in [7, 11) is -2.20. The first-order chi connectivity index (χ1) is 11.5. The van der Waals surface area contributed by atoms with Gasteiger partial charge < -0.3 is 20.0 Å². The molecule has 1 aromatic heterocycles. The fourth-order valence-corrected chi connectivity index (χ4v) is 3.88. The Morgan fingerprint density at radius 3 is 2.64 bits per heavy atom. The summed E-state index contributed by atoms with van der Waals surface area (Å²) >= 11 is 0. The second kappa shape index (κ2) is 6.88. The predicted molar refractivity (Wildman–Crippen MR) is 95.1 cm³/mol. The molecule has 1 saturated heterocycles. The lowest BCUT2D eigenvalue weighted by atomic mass is 10.0.